The van der Waals surface area contributed by atoms with Crippen molar-refractivity contribution in [1.82, 2.24) is 0 Å². The van der Waals surface area contributed by atoms with E-state index in [9.17, 15) is 8.42 Å². The van der Waals surface area contributed by atoms with Crippen LogP contribution in [0.5, 0.6) is 0 Å². The summed E-state index contributed by atoms with van der Waals surface area (Å²) in [6.07, 6.45) is 1.80. The fourth-order valence-corrected chi connectivity index (χ4v) is 2.06. The summed E-state index contributed by atoms with van der Waals surface area (Å²) in [5, 5.41) is 5.42. The molecule has 0 saturated heterocycles. The number of benzene rings is 1. The molecule has 0 aliphatic carbocycles. The van der Waals surface area contributed by atoms with Gasteiger partial charge in [0.1, 0.15) is 0 Å². The van der Waals surface area contributed by atoms with Crippen molar-refractivity contribution in [3.05, 3.63) is 28.8 Å². The number of halogens is 1. The van der Waals surface area contributed by atoms with Crippen LogP contribution in [0.4, 0.5) is 0 Å². The molecule has 2 N–H and O–H groups in total. The lowest BCUT2D eigenvalue weighted by Crippen LogP contribution is -2.12. The first-order valence-electron chi connectivity index (χ1n) is 4.26. The van der Waals surface area contributed by atoms with Gasteiger partial charge in [0.15, 0.2) is 0 Å². The number of aryl methyl sites for hydroxylation is 1. The molecule has 0 fully saturated rings. The van der Waals surface area contributed by atoms with Gasteiger partial charge in [0.2, 0.25) is 10.0 Å². The minimum Gasteiger partial charge on any atom is -0.225 e. The third kappa shape index (κ3) is 2.70. The van der Waals surface area contributed by atoms with Gasteiger partial charge in [-0.15, -0.1) is 0 Å². The summed E-state index contributed by atoms with van der Waals surface area (Å²) in [4.78, 5) is 0.0577. The fraction of sp³-hybridized carbons (Fsp3) is 0.333. The molecule has 0 radical (unpaired) electrons. The SMILES string of the molecule is CCCc1ccc(S(N)(=O)=O)cc1Cl. The molecule has 0 aromatic heterocycles. The molecule has 0 saturated carbocycles. The molecule has 3 nitrogen and oxygen atoms in total. The van der Waals surface area contributed by atoms with E-state index in [1.54, 1.807) is 6.07 Å². The lowest BCUT2D eigenvalue weighted by Gasteiger charge is -2.04. The van der Waals surface area contributed by atoms with Gasteiger partial charge in [0.05, 0.1) is 4.90 Å². The quantitative estimate of drug-likeness (QED) is 0.868. The Balaban J connectivity index is 3.13. The summed E-state index contributed by atoms with van der Waals surface area (Å²) >= 11 is 5.89. The topological polar surface area (TPSA) is 60.2 Å². The molecule has 0 amide bonds. The summed E-state index contributed by atoms with van der Waals surface area (Å²) in [5.41, 5.74) is 0.946. The monoisotopic (exact) mass is 233 g/mol. The van der Waals surface area contributed by atoms with Crippen molar-refractivity contribution in [1.29, 1.82) is 0 Å². The number of sulfonamides is 1. The molecule has 0 bridgehead atoms. The normalized spacial score (nSPS) is 11.6. The number of primary sulfonamides is 1. The summed E-state index contributed by atoms with van der Waals surface area (Å²) in [6.45, 7) is 2.03. The van der Waals surface area contributed by atoms with Crippen LogP contribution in [0.15, 0.2) is 23.1 Å². The van der Waals surface area contributed by atoms with Crippen molar-refractivity contribution >= 4 is 21.6 Å². The van der Waals surface area contributed by atoms with Gasteiger partial charge in [0, 0.05) is 5.02 Å². The van der Waals surface area contributed by atoms with E-state index >= 15 is 0 Å². The second-order valence-electron chi connectivity index (χ2n) is 3.05. The van der Waals surface area contributed by atoms with Gasteiger partial charge in [0.25, 0.3) is 0 Å². The maximum Gasteiger partial charge on any atom is 0.238 e. The van der Waals surface area contributed by atoms with Crippen LogP contribution >= 0.6 is 11.6 Å². The van der Waals surface area contributed by atoms with Gasteiger partial charge in [-0.05, 0) is 24.1 Å². The lowest BCUT2D eigenvalue weighted by atomic mass is 10.1. The maximum atomic E-state index is 11.0. The summed E-state index contributed by atoms with van der Waals surface area (Å²) in [6, 6.07) is 4.57. The summed E-state index contributed by atoms with van der Waals surface area (Å²) in [7, 11) is -3.64. The van der Waals surface area contributed by atoms with E-state index in [1.165, 1.54) is 12.1 Å². The highest BCUT2D eigenvalue weighted by Gasteiger charge is 2.09. The smallest absolute Gasteiger partial charge is 0.225 e. The van der Waals surface area contributed by atoms with Gasteiger partial charge in [-0.1, -0.05) is 31.0 Å². The zero-order valence-electron chi connectivity index (χ0n) is 7.83. The molecule has 78 valence electrons. The maximum absolute atomic E-state index is 11.0. The molecule has 0 aliphatic heterocycles. The minimum absolute atomic E-state index is 0.0577. The highest BCUT2D eigenvalue weighted by atomic mass is 35.5. The fourth-order valence-electron chi connectivity index (χ4n) is 1.18. The van der Waals surface area contributed by atoms with E-state index < -0.39 is 10.0 Å². The number of nitrogens with two attached hydrogens (primary N) is 1. The van der Waals surface area contributed by atoms with E-state index in [1.807, 2.05) is 6.92 Å². The van der Waals surface area contributed by atoms with Crippen molar-refractivity contribution in [3.63, 3.8) is 0 Å². The first-order valence-corrected chi connectivity index (χ1v) is 6.19. The first-order chi connectivity index (χ1) is 6.45. The van der Waals surface area contributed by atoms with Crippen LogP contribution in [-0.4, -0.2) is 8.42 Å². The van der Waals surface area contributed by atoms with Gasteiger partial charge >= 0.3 is 0 Å². The third-order valence-electron chi connectivity index (χ3n) is 1.87. The van der Waals surface area contributed by atoms with E-state index in [-0.39, 0.29) is 4.90 Å². The number of hydrogen-bond acceptors (Lipinski definition) is 2. The standard InChI is InChI=1S/C9H12ClNO2S/c1-2-3-7-4-5-8(6-9(7)10)14(11,12)13/h4-6H,2-3H2,1H3,(H2,11,12,13). The molecule has 0 aliphatic rings. The van der Waals surface area contributed by atoms with Gasteiger partial charge in [-0.3, -0.25) is 0 Å². The van der Waals surface area contributed by atoms with E-state index in [4.69, 9.17) is 16.7 Å². The Labute approximate surface area is 88.9 Å². The minimum atomic E-state index is -3.64. The summed E-state index contributed by atoms with van der Waals surface area (Å²) < 4.78 is 21.9. The molecule has 5 heteroatoms. The predicted molar refractivity (Wildman–Crippen MR) is 56.8 cm³/mol. The van der Waals surface area contributed by atoms with Crippen LogP contribution in [-0.2, 0) is 16.4 Å². The van der Waals surface area contributed by atoms with Crippen LogP contribution in [0.2, 0.25) is 5.02 Å². The van der Waals surface area contributed by atoms with Crippen molar-refractivity contribution in [2.45, 2.75) is 24.7 Å². The number of rotatable bonds is 3. The second kappa shape index (κ2) is 4.29. The predicted octanol–water partition coefficient (Wildman–Crippen LogP) is 1.94. The zero-order chi connectivity index (χ0) is 10.8. The first kappa shape index (κ1) is 11.5. The largest absolute Gasteiger partial charge is 0.238 e. The van der Waals surface area contributed by atoms with Gasteiger partial charge in [-0.2, -0.15) is 0 Å². The average molecular weight is 234 g/mol. The lowest BCUT2D eigenvalue weighted by molar-refractivity contribution is 0.598. The van der Waals surface area contributed by atoms with Gasteiger partial charge in [-0.25, -0.2) is 13.6 Å². The average Bonchev–Trinajstić information content (AvgIpc) is 2.07. The molecule has 14 heavy (non-hydrogen) atoms. The van der Waals surface area contributed by atoms with E-state index in [0.717, 1.165) is 18.4 Å². The van der Waals surface area contributed by atoms with E-state index in [0.29, 0.717) is 5.02 Å². The molecule has 0 spiro atoms. The molecule has 0 heterocycles. The van der Waals surface area contributed by atoms with E-state index in [2.05, 4.69) is 0 Å². The molecule has 1 rings (SSSR count). The zero-order valence-corrected chi connectivity index (χ0v) is 9.40. The van der Waals surface area contributed by atoms with Gasteiger partial charge < -0.3 is 0 Å². The van der Waals surface area contributed by atoms with Crippen LogP contribution < -0.4 is 5.14 Å². The Kier molecular flexibility index (Phi) is 3.53. The second-order valence-corrected chi connectivity index (χ2v) is 5.02. The molecular weight excluding hydrogens is 222 g/mol. The molecule has 0 unspecified atom stereocenters. The van der Waals surface area contributed by atoms with Crippen LogP contribution in [0.25, 0.3) is 0 Å². The van der Waals surface area contributed by atoms with Crippen LogP contribution in [0, 0.1) is 0 Å². The Morgan fingerprint density at radius 3 is 2.50 bits per heavy atom. The Morgan fingerprint density at radius 1 is 1.43 bits per heavy atom. The Hall–Kier alpha value is -0.580. The van der Waals surface area contributed by atoms with Crippen molar-refractivity contribution in [3.8, 4) is 0 Å². The van der Waals surface area contributed by atoms with Crippen molar-refractivity contribution in [2.75, 3.05) is 0 Å². The molecule has 0 atom stereocenters. The highest BCUT2D eigenvalue weighted by Crippen LogP contribution is 2.21. The van der Waals surface area contributed by atoms with Crippen LogP contribution in [0.3, 0.4) is 0 Å². The molecular formula is C9H12ClNO2S. The van der Waals surface area contributed by atoms with Crippen molar-refractivity contribution in [2.24, 2.45) is 5.14 Å². The number of hydrogen-bond donors (Lipinski definition) is 1. The van der Waals surface area contributed by atoms with Crippen molar-refractivity contribution < 1.29 is 8.42 Å². The molecule has 1 aromatic carbocycles. The third-order valence-corrected chi connectivity index (χ3v) is 3.14. The molecule has 1 aromatic rings. The Morgan fingerprint density at radius 2 is 2.07 bits per heavy atom. The summed E-state index contributed by atoms with van der Waals surface area (Å²) in [5.74, 6) is 0. The highest BCUT2D eigenvalue weighted by molar-refractivity contribution is 7.89. The van der Waals surface area contributed by atoms with Crippen LogP contribution in [0.1, 0.15) is 18.9 Å². The Bertz CT molecular complexity index is 428.